The predicted molar refractivity (Wildman–Crippen MR) is 78.3 cm³/mol. The van der Waals surface area contributed by atoms with Crippen molar-refractivity contribution in [2.75, 3.05) is 0 Å². The number of hydrogen-bond acceptors (Lipinski definition) is 3. The van der Waals surface area contributed by atoms with Crippen LogP contribution in [0.2, 0.25) is 5.82 Å². The van der Waals surface area contributed by atoms with Gasteiger partial charge in [-0.1, -0.05) is 6.07 Å². The highest BCUT2D eigenvalue weighted by Crippen LogP contribution is 2.58. The van der Waals surface area contributed by atoms with Crippen LogP contribution >= 0.6 is 0 Å². The van der Waals surface area contributed by atoms with Gasteiger partial charge in [-0.15, -0.1) is 0 Å². The lowest BCUT2D eigenvalue weighted by Gasteiger charge is -2.32. The molecule has 1 aliphatic heterocycles. The SMILES string of the molecule is CC1(C)OB(C2C[C@@H]2c2ccc(C#N)c(F)c2)OC1(C)C. The Morgan fingerprint density at radius 2 is 1.86 bits per heavy atom. The molecule has 0 bridgehead atoms. The molecule has 2 fully saturated rings. The van der Waals surface area contributed by atoms with Gasteiger partial charge in [-0.2, -0.15) is 5.26 Å². The van der Waals surface area contributed by atoms with Gasteiger partial charge in [-0.25, -0.2) is 4.39 Å². The fraction of sp³-hybridized carbons (Fsp3) is 0.562. The molecule has 1 saturated heterocycles. The van der Waals surface area contributed by atoms with Crippen LogP contribution in [0.4, 0.5) is 4.39 Å². The quantitative estimate of drug-likeness (QED) is 0.780. The van der Waals surface area contributed by atoms with Gasteiger partial charge in [0.2, 0.25) is 0 Å². The molecule has 1 heterocycles. The van der Waals surface area contributed by atoms with Crippen molar-refractivity contribution in [1.82, 2.24) is 0 Å². The first kappa shape index (κ1) is 14.6. The molecule has 110 valence electrons. The van der Waals surface area contributed by atoms with Crippen LogP contribution in [0.25, 0.3) is 0 Å². The number of halogens is 1. The summed E-state index contributed by atoms with van der Waals surface area (Å²) in [6.45, 7) is 8.13. The Bertz CT molecular complexity index is 607. The molecule has 1 saturated carbocycles. The molecule has 5 heteroatoms. The van der Waals surface area contributed by atoms with Crippen molar-refractivity contribution in [3.05, 3.63) is 35.1 Å². The lowest BCUT2D eigenvalue weighted by molar-refractivity contribution is 0.00578. The predicted octanol–water partition coefficient (Wildman–Crippen LogP) is 3.65. The van der Waals surface area contributed by atoms with E-state index >= 15 is 0 Å². The number of rotatable bonds is 2. The number of hydrogen-bond donors (Lipinski definition) is 0. The second-order valence-corrected chi connectivity index (χ2v) is 6.98. The van der Waals surface area contributed by atoms with Crippen LogP contribution in [0.3, 0.4) is 0 Å². The van der Waals surface area contributed by atoms with Crippen molar-refractivity contribution in [2.24, 2.45) is 0 Å². The van der Waals surface area contributed by atoms with E-state index in [9.17, 15) is 4.39 Å². The lowest BCUT2D eigenvalue weighted by atomic mass is 9.79. The van der Waals surface area contributed by atoms with E-state index in [0.29, 0.717) is 0 Å². The summed E-state index contributed by atoms with van der Waals surface area (Å²) in [4.78, 5) is 0. The third kappa shape index (κ3) is 2.37. The highest BCUT2D eigenvalue weighted by atomic mass is 19.1. The van der Waals surface area contributed by atoms with Gasteiger partial charge in [-0.05, 0) is 57.7 Å². The van der Waals surface area contributed by atoms with Gasteiger partial charge in [0.25, 0.3) is 0 Å². The van der Waals surface area contributed by atoms with Gasteiger partial charge in [0.05, 0.1) is 16.8 Å². The Morgan fingerprint density at radius 3 is 2.38 bits per heavy atom. The summed E-state index contributed by atoms with van der Waals surface area (Å²) in [6.07, 6.45) is 0.933. The average molecular weight is 287 g/mol. The minimum Gasteiger partial charge on any atom is -0.403 e. The fourth-order valence-corrected chi connectivity index (χ4v) is 2.81. The van der Waals surface area contributed by atoms with E-state index in [2.05, 4.69) is 0 Å². The number of nitrogens with zero attached hydrogens (tertiary/aromatic N) is 1. The Labute approximate surface area is 125 Å². The van der Waals surface area contributed by atoms with Crippen molar-refractivity contribution < 1.29 is 13.7 Å². The minimum absolute atomic E-state index is 0.0894. The van der Waals surface area contributed by atoms with Crippen LogP contribution in [0, 0.1) is 17.1 Å². The minimum atomic E-state index is -0.449. The Balaban J connectivity index is 1.73. The molecular weight excluding hydrogens is 268 g/mol. The molecule has 21 heavy (non-hydrogen) atoms. The van der Waals surface area contributed by atoms with Crippen LogP contribution in [0.5, 0.6) is 0 Å². The topological polar surface area (TPSA) is 42.2 Å². The van der Waals surface area contributed by atoms with Crippen LogP contribution in [-0.4, -0.2) is 18.3 Å². The molecule has 0 radical (unpaired) electrons. The Hall–Kier alpha value is -1.38. The molecule has 0 amide bonds. The maximum absolute atomic E-state index is 13.7. The van der Waals surface area contributed by atoms with Crippen molar-refractivity contribution in [3.8, 4) is 6.07 Å². The molecule has 0 aromatic heterocycles. The lowest BCUT2D eigenvalue weighted by Crippen LogP contribution is -2.41. The summed E-state index contributed by atoms with van der Waals surface area (Å²) < 4.78 is 25.8. The summed E-state index contributed by atoms with van der Waals surface area (Å²) in [6, 6.07) is 6.69. The van der Waals surface area contributed by atoms with Crippen molar-refractivity contribution >= 4 is 7.12 Å². The molecule has 3 nitrogen and oxygen atoms in total. The van der Waals surface area contributed by atoms with E-state index < -0.39 is 5.82 Å². The van der Waals surface area contributed by atoms with E-state index in [-0.39, 0.29) is 35.6 Å². The number of nitriles is 1. The summed E-state index contributed by atoms with van der Waals surface area (Å²) in [5.74, 6) is 0.0647. The summed E-state index contributed by atoms with van der Waals surface area (Å²) >= 11 is 0. The van der Waals surface area contributed by atoms with E-state index in [1.165, 1.54) is 6.07 Å². The van der Waals surface area contributed by atoms with E-state index in [1.807, 2.05) is 39.8 Å². The Kier molecular flexibility index (Phi) is 3.16. The van der Waals surface area contributed by atoms with Gasteiger partial charge in [0, 0.05) is 5.82 Å². The van der Waals surface area contributed by atoms with Gasteiger partial charge < -0.3 is 9.31 Å². The van der Waals surface area contributed by atoms with E-state index in [0.717, 1.165) is 12.0 Å². The summed E-state index contributed by atoms with van der Waals surface area (Å²) in [5.41, 5.74) is 0.347. The molecule has 3 rings (SSSR count). The molecule has 0 spiro atoms. The van der Waals surface area contributed by atoms with Crippen LogP contribution in [-0.2, 0) is 9.31 Å². The maximum Gasteiger partial charge on any atom is 0.461 e. The largest absolute Gasteiger partial charge is 0.461 e. The highest BCUT2D eigenvalue weighted by Gasteiger charge is 2.59. The Morgan fingerprint density at radius 1 is 1.24 bits per heavy atom. The molecular formula is C16H19BFNO2. The highest BCUT2D eigenvalue weighted by molar-refractivity contribution is 6.49. The summed E-state index contributed by atoms with van der Waals surface area (Å²) in [5, 5.41) is 8.77. The van der Waals surface area contributed by atoms with Gasteiger partial charge >= 0.3 is 7.12 Å². The van der Waals surface area contributed by atoms with E-state index in [1.54, 1.807) is 6.07 Å². The maximum atomic E-state index is 13.7. The van der Waals surface area contributed by atoms with Crippen molar-refractivity contribution in [3.63, 3.8) is 0 Å². The van der Waals surface area contributed by atoms with Crippen LogP contribution in [0.15, 0.2) is 18.2 Å². The zero-order valence-corrected chi connectivity index (χ0v) is 12.8. The van der Waals surface area contributed by atoms with Crippen LogP contribution in [0.1, 0.15) is 51.2 Å². The first-order valence-corrected chi connectivity index (χ1v) is 7.30. The molecule has 1 aromatic carbocycles. The zero-order chi connectivity index (χ0) is 15.4. The second-order valence-electron chi connectivity index (χ2n) is 6.98. The van der Waals surface area contributed by atoms with E-state index in [4.69, 9.17) is 14.6 Å². The first-order valence-electron chi connectivity index (χ1n) is 7.30. The summed E-state index contributed by atoms with van der Waals surface area (Å²) in [7, 11) is -0.237. The monoisotopic (exact) mass is 287 g/mol. The molecule has 1 aromatic rings. The zero-order valence-electron chi connectivity index (χ0n) is 12.8. The van der Waals surface area contributed by atoms with Crippen LogP contribution < -0.4 is 0 Å². The third-order valence-electron chi connectivity index (χ3n) is 5.00. The fourth-order valence-electron chi connectivity index (χ4n) is 2.81. The average Bonchev–Trinajstić information content (AvgIpc) is 3.13. The third-order valence-corrected chi connectivity index (χ3v) is 5.00. The molecule has 1 aliphatic carbocycles. The smallest absolute Gasteiger partial charge is 0.403 e. The molecule has 2 aliphatic rings. The first-order chi connectivity index (χ1) is 9.75. The van der Waals surface area contributed by atoms with Gasteiger partial charge in [0.1, 0.15) is 11.9 Å². The second kappa shape index (κ2) is 4.56. The van der Waals surface area contributed by atoms with Gasteiger partial charge in [-0.3, -0.25) is 0 Å². The molecule has 2 atom stereocenters. The van der Waals surface area contributed by atoms with Crippen molar-refractivity contribution in [1.29, 1.82) is 5.26 Å². The van der Waals surface area contributed by atoms with Crippen molar-refractivity contribution in [2.45, 2.75) is 57.1 Å². The molecule has 0 N–H and O–H groups in total. The normalized spacial score (nSPS) is 29.2. The number of benzene rings is 1. The van der Waals surface area contributed by atoms with Gasteiger partial charge in [0.15, 0.2) is 0 Å². The molecule has 1 unspecified atom stereocenters. The standard InChI is InChI=1S/C16H19BFNO2/c1-15(2)16(3,4)21-17(20-15)13-8-12(13)10-5-6-11(9-19)14(18)7-10/h5-7,12-13H,8H2,1-4H3/t12-,13?/m1/s1.